The Labute approximate surface area is 115 Å². The molecule has 0 amide bonds. The van der Waals surface area contributed by atoms with Crippen molar-refractivity contribution in [1.29, 1.82) is 5.26 Å². The van der Waals surface area contributed by atoms with E-state index in [1.165, 1.54) is 11.3 Å². The van der Waals surface area contributed by atoms with Gasteiger partial charge in [-0.3, -0.25) is 9.72 Å². The molecule has 2 heterocycles. The number of nitriles is 1. The molecule has 0 fully saturated rings. The van der Waals surface area contributed by atoms with Crippen molar-refractivity contribution < 1.29 is 0 Å². The first kappa shape index (κ1) is 13.3. The Hall–Kier alpha value is -1.09. The van der Waals surface area contributed by atoms with Gasteiger partial charge in [-0.05, 0) is 19.9 Å². The van der Waals surface area contributed by atoms with Crippen LogP contribution >= 0.6 is 22.9 Å². The average molecular weight is 283 g/mol. The third-order valence-electron chi connectivity index (χ3n) is 2.81. The molecule has 2 rings (SSSR count). The van der Waals surface area contributed by atoms with E-state index in [9.17, 15) is 5.26 Å². The van der Waals surface area contributed by atoms with Crippen molar-refractivity contribution in [2.45, 2.75) is 32.7 Å². The van der Waals surface area contributed by atoms with Gasteiger partial charge in [0.1, 0.15) is 6.04 Å². The fourth-order valence-electron chi connectivity index (χ4n) is 1.87. The molecule has 2 aromatic heterocycles. The van der Waals surface area contributed by atoms with Crippen LogP contribution in [0.3, 0.4) is 0 Å². The Bertz CT molecular complexity index is 581. The summed E-state index contributed by atoms with van der Waals surface area (Å²) in [5.41, 5.74) is 1.81. The topological polar surface area (TPSA) is 53.1 Å². The Morgan fingerprint density at radius 1 is 1.67 bits per heavy atom. The van der Waals surface area contributed by atoms with Crippen LogP contribution in [0, 0.1) is 18.3 Å². The summed E-state index contributed by atoms with van der Waals surface area (Å²) in [6.07, 6.45) is 2.14. The van der Waals surface area contributed by atoms with Crippen LogP contribution in [0.15, 0.2) is 5.38 Å². The number of nitrogens with zero attached hydrogens (tertiary/aromatic N) is 3. The molecular formula is C12H15ClN4S. The van der Waals surface area contributed by atoms with E-state index in [2.05, 4.69) is 23.3 Å². The first-order valence-corrected chi connectivity index (χ1v) is 7.19. The maximum Gasteiger partial charge on any atom is 0.195 e. The minimum atomic E-state index is -0.410. The van der Waals surface area contributed by atoms with E-state index in [1.807, 2.05) is 16.7 Å². The first-order valence-electron chi connectivity index (χ1n) is 5.94. The highest BCUT2D eigenvalue weighted by molar-refractivity contribution is 7.15. The number of hydrogen-bond acceptors (Lipinski definition) is 4. The Kier molecular flexibility index (Phi) is 4.23. The third-order valence-corrected chi connectivity index (χ3v) is 4.03. The SMILES string of the molecule is CCCCNC(C#N)c1c(Cl)nc2scc(C)n12. The third kappa shape index (κ3) is 2.37. The summed E-state index contributed by atoms with van der Waals surface area (Å²) in [5.74, 6) is 0. The van der Waals surface area contributed by atoms with Crippen LogP contribution in [-0.2, 0) is 0 Å². The average Bonchev–Trinajstić information content (AvgIpc) is 2.86. The Balaban J connectivity index is 2.35. The molecule has 1 N–H and O–H groups in total. The van der Waals surface area contributed by atoms with Gasteiger partial charge in [-0.1, -0.05) is 24.9 Å². The van der Waals surface area contributed by atoms with Crippen LogP contribution in [0.2, 0.25) is 5.15 Å². The standard InChI is InChI=1S/C12H15ClN4S/c1-3-4-5-15-9(6-14)10-11(13)16-12-17(10)8(2)7-18-12/h7,9,15H,3-5H2,1-2H3. The normalized spacial score (nSPS) is 12.8. The molecule has 1 atom stereocenters. The number of imidazole rings is 1. The predicted octanol–water partition coefficient (Wildman–Crippen LogP) is 3.31. The lowest BCUT2D eigenvalue weighted by Crippen LogP contribution is -2.22. The number of rotatable bonds is 5. The fourth-order valence-corrected chi connectivity index (χ4v) is 3.07. The molecule has 1 unspecified atom stereocenters. The van der Waals surface area contributed by atoms with Crippen LogP contribution in [-0.4, -0.2) is 15.9 Å². The molecule has 96 valence electrons. The molecule has 0 aromatic carbocycles. The summed E-state index contributed by atoms with van der Waals surface area (Å²) in [4.78, 5) is 5.12. The zero-order chi connectivity index (χ0) is 13.1. The van der Waals surface area contributed by atoms with Crippen molar-refractivity contribution in [2.75, 3.05) is 6.54 Å². The quantitative estimate of drug-likeness (QED) is 0.856. The number of halogens is 1. The Morgan fingerprint density at radius 2 is 2.44 bits per heavy atom. The van der Waals surface area contributed by atoms with E-state index < -0.39 is 6.04 Å². The van der Waals surface area contributed by atoms with Crippen LogP contribution in [0.5, 0.6) is 0 Å². The van der Waals surface area contributed by atoms with Crippen LogP contribution in [0.25, 0.3) is 4.96 Å². The van der Waals surface area contributed by atoms with Gasteiger partial charge in [0.05, 0.1) is 11.8 Å². The largest absolute Gasteiger partial charge is 0.297 e. The zero-order valence-electron chi connectivity index (χ0n) is 10.4. The van der Waals surface area contributed by atoms with Crippen molar-refractivity contribution in [1.82, 2.24) is 14.7 Å². The number of unbranched alkanes of at least 4 members (excludes halogenated alkanes) is 1. The molecule has 4 nitrogen and oxygen atoms in total. The van der Waals surface area contributed by atoms with Crippen molar-refractivity contribution in [3.63, 3.8) is 0 Å². The fraction of sp³-hybridized carbons (Fsp3) is 0.500. The van der Waals surface area contributed by atoms with Gasteiger partial charge < -0.3 is 0 Å². The second-order valence-electron chi connectivity index (χ2n) is 4.15. The van der Waals surface area contributed by atoms with Crippen molar-refractivity contribution in [3.05, 3.63) is 21.9 Å². The lowest BCUT2D eigenvalue weighted by atomic mass is 10.2. The van der Waals surface area contributed by atoms with Crippen LogP contribution in [0.1, 0.15) is 37.2 Å². The highest BCUT2D eigenvalue weighted by atomic mass is 35.5. The van der Waals surface area contributed by atoms with Crippen LogP contribution in [0.4, 0.5) is 0 Å². The maximum atomic E-state index is 9.30. The number of fused-ring (bicyclic) bond motifs is 1. The molecule has 0 spiro atoms. The molecular weight excluding hydrogens is 268 g/mol. The van der Waals surface area contributed by atoms with Gasteiger partial charge in [-0.25, -0.2) is 4.98 Å². The van der Waals surface area contributed by atoms with Gasteiger partial charge in [-0.2, -0.15) is 5.26 Å². The smallest absolute Gasteiger partial charge is 0.195 e. The predicted molar refractivity (Wildman–Crippen MR) is 74.1 cm³/mol. The van der Waals surface area contributed by atoms with E-state index in [1.54, 1.807) is 0 Å². The van der Waals surface area contributed by atoms with Gasteiger partial charge in [0.15, 0.2) is 10.1 Å². The Morgan fingerprint density at radius 3 is 3.11 bits per heavy atom. The zero-order valence-corrected chi connectivity index (χ0v) is 12.0. The summed E-state index contributed by atoms with van der Waals surface area (Å²) in [6, 6.07) is 1.85. The highest BCUT2D eigenvalue weighted by Gasteiger charge is 2.21. The first-order chi connectivity index (χ1) is 8.69. The maximum absolute atomic E-state index is 9.30. The molecule has 0 aliphatic carbocycles. The monoisotopic (exact) mass is 282 g/mol. The summed E-state index contributed by atoms with van der Waals surface area (Å²) in [7, 11) is 0. The molecule has 18 heavy (non-hydrogen) atoms. The summed E-state index contributed by atoms with van der Waals surface area (Å²) in [5, 5.41) is 15.0. The molecule has 0 bridgehead atoms. The lowest BCUT2D eigenvalue weighted by molar-refractivity contribution is 0.585. The van der Waals surface area contributed by atoms with E-state index >= 15 is 0 Å². The minimum Gasteiger partial charge on any atom is -0.297 e. The summed E-state index contributed by atoms with van der Waals surface area (Å²) in [6.45, 7) is 4.92. The molecule has 0 radical (unpaired) electrons. The number of thiazole rings is 1. The molecule has 0 saturated carbocycles. The number of aryl methyl sites for hydroxylation is 1. The van der Waals surface area contributed by atoms with Gasteiger partial charge in [0.25, 0.3) is 0 Å². The summed E-state index contributed by atoms with van der Waals surface area (Å²) < 4.78 is 1.96. The van der Waals surface area contributed by atoms with Gasteiger partial charge in [0.2, 0.25) is 0 Å². The molecule has 0 aliphatic heterocycles. The second-order valence-corrected chi connectivity index (χ2v) is 5.35. The van der Waals surface area contributed by atoms with Gasteiger partial charge in [0, 0.05) is 11.1 Å². The molecule has 2 aromatic rings. The van der Waals surface area contributed by atoms with Gasteiger partial charge >= 0.3 is 0 Å². The van der Waals surface area contributed by atoms with E-state index in [-0.39, 0.29) is 0 Å². The number of hydrogen-bond donors (Lipinski definition) is 1. The minimum absolute atomic E-state index is 0.410. The van der Waals surface area contributed by atoms with Gasteiger partial charge in [-0.15, -0.1) is 11.3 Å². The molecule has 6 heteroatoms. The van der Waals surface area contributed by atoms with E-state index in [4.69, 9.17) is 11.6 Å². The lowest BCUT2D eigenvalue weighted by Gasteiger charge is -2.11. The molecule has 0 aliphatic rings. The van der Waals surface area contributed by atoms with Crippen molar-refractivity contribution >= 4 is 27.9 Å². The number of aromatic nitrogens is 2. The summed E-state index contributed by atoms with van der Waals surface area (Å²) >= 11 is 7.69. The van der Waals surface area contributed by atoms with E-state index in [0.29, 0.717) is 5.15 Å². The second kappa shape index (κ2) is 5.70. The van der Waals surface area contributed by atoms with Crippen LogP contribution < -0.4 is 5.32 Å². The highest BCUT2D eigenvalue weighted by Crippen LogP contribution is 2.28. The van der Waals surface area contributed by atoms with E-state index in [0.717, 1.165) is 35.7 Å². The number of nitrogens with one attached hydrogen (secondary N) is 1. The molecule has 0 saturated heterocycles. The van der Waals surface area contributed by atoms with Crippen molar-refractivity contribution in [3.8, 4) is 6.07 Å². The van der Waals surface area contributed by atoms with Crippen molar-refractivity contribution in [2.24, 2.45) is 0 Å².